The van der Waals surface area contributed by atoms with Gasteiger partial charge in [-0.2, -0.15) is 0 Å². The van der Waals surface area contributed by atoms with Crippen LogP contribution in [0.2, 0.25) is 10.0 Å². The fraction of sp³-hybridized carbons (Fsp3) is 0.227. The van der Waals surface area contributed by atoms with E-state index in [1.807, 2.05) is 0 Å². The van der Waals surface area contributed by atoms with E-state index in [4.69, 9.17) is 37.4 Å². The van der Waals surface area contributed by atoms with Gasteiger partial charge in [0.15, 0.2) is 17.3 Å². The summed E-state index contributed by atoms with van der Waals surface area (Å²) in [6.45, 7) is 0.166. The Balaban J connectivity index is 1.93. The van der Waals surface area contributed by atoms with Gasteiger partial charge < -0.3 is 24.2 Å². The normalized spacial score (nSPS) is 10.6. The topological polar surface area (TPSA) is 110 Å². The van der Waals surface area contributed by atoms with Crippen LogP contribution in [0, 0.1) is 0 Å². The van der Waals surface area contributed by atoms with Crippen molar-refractivity contribution in [3.05, 3.63) is 84.1 Å². The minimum Gasteiger partial charge on any atom is -0.493 e. The number of hydrogen-bond donors (Lipinski definition) is 2. The molecule has 0 unspecified atom stereocenters. The maximum Gasteiger partial charge on any atom is 0.267 e. The predicted octanol–water partition coefficient (Wildman–Crippen LogP) is 3.43. The maximum atomic E-state index is 13.1. The molecule has 0 aliphatic heterocycles. The van der Waals surface area contributed by atoms with Crippen LogP contribution in [0.25, 0.3) is 0 Å². The van der Waals surface area contributed by atoms with Crippen molar-refractivity contribution < 1.29 is 19.0 Å². The van der Waals surface area contributed by atoms with Crippen LogP contribution < -0.4 is 25.3 Å². The van der Waals surface area contributed by atoms with E-state index in [2.05, 4.69) is 9.97 Å². The lowest BCUT2D eigenvalue weighted by Crippen LogP contribution is -2.14. The lowest BCUT2D eigenvalue weighted by atomic mass is 10.0. The Hall–Kier alpha value is -3.23. The van der Waals surface area contributed by atoms with Gasteiger partial charge in [-0.25, -0.2) is 0 Å². The molecular formula is C22H20Cl2N2O6. The van der Waals surface area contributed by atoms with E-state index in [1.165, 1.54) is 26.5 Å². The first kappa shape index (κ1) is 23.4. The molecule has 2 aromatic heterocycles. The number of benzene rings is 1. The number of H-pyrrole nitrogens is 2. The Bertz CT molecular complexity index is 1250. The smallest absolute Gasteiger partial charge is 0.267 e. The highest BCUT2D eigenvalue weighted by Crippen LogP contribution is 2.40. The van der Waals surface area contributed by atoms with Crippen LogP contribution in [-0.4, -0.2) is 36.6 Å². The number of carbonyl (C=O) groups is 1. The number of halogens is 2. The molecule has 10 heteroatoms. The second-order valence-corrected chi connectivity index (χ2v) is 7.48. The largest absolute Gasteiger partial charge is 0.493 e. The third-order valence-corrected chi connectivity index (χ3v) is 5.43. The number of aromatic amines is 2. The molecule has 0 radical (unpaired) electrons. The van der Waals surface area contributed by atoms with Gasteiger partial charge in [0.25, 0.3) is 5.56 Å². The first-order valence-corrected chi connectivity index (χ1v) is 10.3. The summed E-state index contributed by atoms with van der Waals surface area (Å²) >= 11 is 12.2. The highest BCUT2D eigenvalue weighted by molar-refractivity contribution is 6.36. The molecule has 0 atom stereocenters. The number of Topliss-reactive ketones (excluding diaryl/α,β-unsaturated/α-hetero) is 1. The summed E-state index contributed by atoms with van der Waals surface area (Å²) in [5, 5.41) is 0.0169. The molecule has 0 saturated heterocycles. The van der Waals surface area contributed by atoms with E-state index in [0.29, 0.717) is 12.2 Å². The average molecular weight is 479 g/mol. The van der Waals surface area contributed by atoms with E-state index >= 15 is 0 Å². The van der Waals surface area contributed by atoms with Crippen molar-refractivity contribution >= 4 is 29.0 Å². The first-order valence-electron chi connectivity index (χ1n) is 9.49. The van der Waals surface area contributed by atoms with Gasteiger partial charge in [0.2, 0.25) is 11.3 Å². The number of ether oxygens (including phenoxy) is 3. The summed E-state index contributed by atoms with van der Waals surface area (Å²) in [4.78, 5) is 41.4. The highest BCUT2D eigenvalue weighted by Gasteiger charge is 2.23. The van der Waals surface area contributed by atoms with E-state index in [0.717, 1.165) is 5.56 Å². The van der Waals surface area contributed by atoms with E-state index in [9.17, 15) is 14.4 Å². The fourth-order valence-corrected chi connectivity index (χ4v) is 3.60. The molecule has 0 fully saturated rings. The van der Waals surface area contributed by atoms with E-state index in [1.54, 1.807) is 24.4 Å². The average Bonchev–Trinajstić information content (AvgIpc) is 2.78. The fourth-order valence-electron chi connectivity index (χ4n) is 3.12. The summed E-state index contributed by atoms with van der Waals surface area (Å²) in [7, 11) is 2.90. The summed E-state index contributed by atoms with van der Waals surface area (Å²) in [5.41, 5.74) is 0.433. The zero-order valence-corrected chi connectivity index (χ0v) is 18.8. The highest BCUT2D eigenvalue weighted by atomic mass is 35.5. The quantitative estimate of drug-likeness (QED) is 0.455. The molecular weight excluding hydrogens is 459 g/mol. The monoisotopic (exact) mass is 478 g/mol. The van der Waals surface area contributed by atoms with Crippen LogP contribution >= 0.6 is 23.2 Å². The standard InChI is InChI=1S/C22H20Cl2N2O6/c1-30-17-4-3-13(16(27)10-14-15(23)11-26-22(29)19(14)24)20(21(17)31-2)32-8-6-12-5-7-25-18(28)9-12/h3-5,7,9,11H,6,8,10H2,1-2H3,(H,25,28)(H,26,29). The Morgan fingerprint density at radius 3 is 2.50 bits per heavy atom. The molecule has 1 aromatic carbocycles. The Labute approximate surface area is 193 Å². The first-order chi connectivity index (χ1) is 15.3. The molecule has 2 heterocycles. The summed E-state index contributed by atoms with van der Waals surface area (Å²) in [6, 6.07) is 6.35. The summed E-state index contributed by atoms with van der Waals surface area (Å²) < 4.78 is 16.7. The van der Waals surface area contributed by atoms with Gasteiger partial charge in [0.1, 0.15) is 5.02 Å². The molecule has 0 aliphatic carbocycles. The third-order valence-electron chi connectivity index (χ3n) is 4.70. The van der Waals surface area contributed by atoms with Crippen LogP contribution in [0.3, 0.4) is 0 Å². The molecule has 8 nitrogen and oxygen atoms in total. The van der Waals surface area contributed by atoms with Crippen LogP contribution in [0.15, 0.2) is 46.2 Å². The zero-order valence-electron chi connectivity index (χ0n) is 17.3. The van der Waals surface area contributed by atoms with Crippen LogP contribution in [0.1, 0.15) is 21.5 Å². The Morgan fingerprint density at radius 2 is 1.81 bits per heavy atom. The number of hydrogen-bond acceptors (Lipinski definition) is 6. The number of nitrogens with one attached hydrogen (secondary N) is 2. The van der Waals surface area contributed by atoms with Crippen LogP contribution in [-0.2, 0) is 12.8 Å². The number of ketones is 1. The van der Waals surface area contributed by atoms with Crippen molar-refractivity contribution in [3.63, 3.8) is 0 Å². The summed E-state index contributed by atoms with van der Waals surface area (Å²) in [5.74, 6) is 0.417. The minimum atomic E-state index is -0.541. The number of carbonyl (C=O) groups excluding carboxylic acids is 1. The van der Waals surface area contributed by atoms with Gasteiger partial charge in [0, 0.05) is 36.9 Å². The molecule has 0 spiro atoms. The van der Waals surface area contributed by atoms with Gasteiger partial charge in [-0.3, -0.25) is 14.4 Å². The molecule has 168 valence electrons. The van der Waals surface area contributed by atoms with Crippen molar-refractivity contribution in [3.8, 4) is 17.2 Å². The lowest BCUT2D eigenvalue weighted by Gasteiger charge is -2.17. The molecule has 3 aromatic rings. The number of methoxy groups -OCH3 is 2. The second kappa shape index (κ2) is 10.4. The molecule has 32 heavy (non-hydrogen) atoms. The van der Waals surface area contributed by atoms with E-state index < -0.39 is 5.56 Å². The van der Waals surface area contributed by atoms with E-state index in [-0.39, 0.29) is 57.0 Å². The second-order valence-electron chi connectivity index (χ2n) is 6.70. The third kappa shape index (κ3) is 5.15. The Kier molecular flexibility index (Phi) is 7.61. The van der Waals surface area contributed by atoms with Gasteiger partial charge in [0.05, 0.1) is 31.4 Å². The molecule has 0 aliphatic rings. The van der Waals surface area contributed by atoms with Gasteiger partial charge in [-0.15, -0.1) is 0 Å². The van der Waals surface area contributed by atoms with Crippen LogP contribution in [0.4, 0.5) is 0 Å². The molecule has 0 bridgehead atoms. The maximum absolute atomic E-state index is 13.1. The molecule has 0 saturated carbocycles. The molecule has 3 rings (SSSR count). The van der Waals surface area contributed by atoms with Crippen LogP contribution in [0.5, 0.6) is 17.2 Å². The molecule has 0 amide bonds. The van der Waals surface area contributed by atoms with Crippen molar-refractivity contribution in [2.24, 2.45) is 0 Å². The van der Waals surface area contributed by atoms with Crippen molar-refractivity contribution in [1.29, 1.82) is 0 Å². The van der Waals surface area contributed by atoms with Gasteiger partial charge in [-0.05, 0) is 23.8 Å². The van der Waals surface area contributed by atoms with Gasteiger partial charge >= 0.3 is 0 Å². The molecule has 2 N–H and O–H groups in total. The van der Waals surface area contributed by atoms with Gasteiger partial charge in [-0.1, -0.05) is 23.2 Å². The van der Waals surface area contributed by atoms with Crippen molar-refractivity contribution in [2.45, 2.75) is 12.8 Å². The lowest BCUT2D eigenvalue weighted by molar-refractivity contribution is 0.0988. The van der Waals surface area contributed by atoms with Crippen molar-refractivity contribution in [2.75, 3.05) is 20.8 Å². The summed E-state index contributed by atoms with van der Waals surface area (Å²) in [6.07, 6.45) is 3.03. The number of pyridine rings is 2. The Morgan fingerprint density at radius 1 is 1.03 bits per heavy atom. The number of aromatic nitrogens is 2. The SMILES string of the molecule is COc1ccc(C(=O)Cc2c(Cl)c[nH]c(=O)c2Cl)c(OCCc2cc[nH]c(=O)c2)c1OC. The predicted molar refractivity (Wildman–Crippen MR) is 121 cm³/mol. The van der Waals surface area contributed by atoms with Crippen molar-refractivity contribution in [1.82, 2.24) is 9.97 Å². The number of rotatable bonds is 9. The zero-order chi connectivity index (χ0) is 23.3. The minimum absolute atomic E-state index is 0.150.